The van der Waals surface area contributed by atoms with Gasteiger partial charge in [-0.3, -0.25) is 9.52 Å². The van der Waals surface area contributed by atoms with E-state index in [1.807, 2.05) is 4.72 Å². The molecule has 0 aliphatic heterocycles. The van der Waals surface area contributed by atoms with Crippen molar-refractivity contribution in [3.63, 3.8) is 0 Å². The fraction of sp³-hybridized carbons (Fsp3) is 0.409. The van der Waals surface area contributed by atoms with Crippen molar-refractivity contribution in [2.75, 3.05) is 11.0 Å². The molecule has 7 nitrogen and oxygen atoms in total. The van der Waals surface area contributed by atoms with E-state index in [2.05, 4.69) is 5.32 Å². The summed E-state index contributed by atoms with van der Waals surface area (Å²) in [6.45, 7) is 0. The van der Waals surface area contributed by atoms with Gasteiger partial charge in [0.25, 0.3) is 15.9 Å². The van der Waals surface area contributed by atoms with Gasteiger partial charge in [-0.25, -0.2) is 16.8 Å². The van der Waals surface area contributed by atoms with Crippen LogP contribution in [0.2, 0.25) is 0 Å². The molecule has 0 saturated heterocycles. The quantitative estimate of drug-likeness (QED) is 0.502. The molecular formula is C22H20F6N2O5S2. The highest BCUT2D eigenvalue weighted by molar-refractivity contribution is 7.92. The molecule has 0 spiro atoms. The molecule has 15 heteroatoms. The van der Waals surface area contributed by atoms with Gasteiger partial charge in [-0.05, 0) is 67.6 Å². The smallest absolute Gasteiger partial charge is 0.349 e. The Balaban J connectivity index is 1.63. The van der Waals surface area contributed by atoms with Crippen molar-refractivity contribution < 1.29 is 48.0 Å². The summed E-state index contributed by atoms with van der Waals surface area (Å²) in [4.78, 5) is 12.2. The number of amides is 1. The molecule has 202 valence electrons. The minimum atomic E-state index is -4.89. The summed E-state index contributed by atoms with van der Waals surface area (Å²) in [5, 5.41) is 2.41. The Labute approximate surface area is 208 Å². The van der Waals surface area contributed by atoms with Crippen LogP contribution in [0.15, 0.2) is 52.3 Å². The molecule has 2 aromatic carbocycles. The fourth-order valence-electron chi connectivity index (χ4n) is 4.82. The number of alkyl halides is 6. The van der Waals surface area contributed by atoms with Gasteiger partial charge in [0.15, 0.2) is 9.84 Å². The van der Waals surface area contributed by atoms with E-state index in [0.717, 1.165) is 36.6 Å². The summed E-state index contributed by atoms with van der Waals surface area (Å²) >= 11 is 0. The van der Waals surface area contributed by atoms with E-state index in [1.54, 1.807) is 0 Å². The van der Waals surface area contributed by atoms with Gasteiger partial charge in [0.2, 0.25) is 0 Å². The van der Waals surface area contributed by atoms with Crippen LogP contribution in [0, 0.1) is 11.3 Å². The van der Waals surface area contributed by atoms with Crippen LogP contribution in [0.25, 0.3) is 0 Å². The third-order valence-electron chi connectivity index (χ3n) is 6.80. The number of sulfonamides is 1. The highest BCUT2D eigenvalue weighted by atomic mass is 32.2. The van der Waals surface area contributed by atoms with E-state index in [1.165, 1.54) is 0 Å². The molecule has 2 bridgehead atoms. The van der Waals surface area contributed by atoms with Crippen molar-refractivity contribution in [3.05, 3.63) is 53.6 Å². The highest BCUT2D eigenvalue weighted by Gasteiger charge is 2.69. The van der Waals surface area contributed by atoms with E-state index in [4.69, 9.17) is 0 Å². The molecule has 3 aliphatic rings. The molecule has 0 heterocycles. The maximum absolute atomic E-state index is 13.3. The van der Waals surface area contributed by atoms with Gasteiger partial charge in [-0.1, -0.05) is 0 Å². The Morgan fingerprint density at radius 2 is 1.46 bits per heavy atom. The zero-order valence-corrected chi connectivity index (χ0v) is 20.6. The number of carbonyl (C=O) groups is 1. The second kappa shape index (κ2) is 8.61. The summed E-state index contributed by atoms with van der Waals surface area (Å²) in [5.74, 6) is -1.48. The first kappa shape index (κ1) is 27.2. The monoisotopic (exact) mass is 570 g/mol. The van der Waals surface area contributed by atoms with Crippen LogP contribution in [0.3, 0.4) is 0 Å². The molecule has 1 atom stereocenters. The molecule has 2 N–H and O–H groups in total. The maximum atomic E-state index is 13.3. The lowest BCUT2D eigenvalue weighted by Crippen LogP contribution is -2.42. The lowest BCUT2D eigenvalue weighted by Gasteiger charge is -2.39. The first-order chi connectivity index (χ1) is 16.8. The lowest BCUT2D eigenvalue weighted by molar-refractivity contribution is -0.244. The van der Waals surface area contributed by atoms with Crippen LogP contribution in [0.5, 0.6) is 0 Å². The van der Waals surface area contributed by atoms with Crippen LogP contribution in [-0.2, 0) is 26.0 Å². The maximum Gasteiger partial charge on any atom is 0.416 e. The number of rotatable bonds is 6. The Morgan fingerprint density at radius 3 is 1.95 bits per heavy atom. The first-order valence-electron chi connectivity index (χ1n) is 10.7. The molecule has 0 radical (unpaired) electrons. The van der Waals surface area contributed by atoms with Gasteiger partial charge in [0.05, 0.1) is 32.0 Å². The molecule has 3 aliphatic carbocycles. The van der Waals surface area contributed by atoms with E-state index in [-0.39, 0.29) is 24.2 Å². The van der Waals surface area contributed by atoms with Crippen molar-refractivity contribution in [1.82, 2.24) is 5.32 Å². The van der Waals surface area contributed by atoms with Gasteiger partial charge < -0.3 is 5.32 Å². The van der Waals surface area contributed by atoms with Crippen molar-refractivity contribution >= 4 is 31.5 Å². The SMILES string of the molecule is CS(=O)(=O)c1ccc(S(=O)(=O)Nc2cc(C(F)(F)F)ccc2C(=O)NC2CC3(C(F)(F)F)CC2C3)cc1. The third-order valence-corrected chi connectivity index (χ3v) is 9.31. The number of benzene rings is 2. The van der Waals surface area contributed by atoms with Crippen LogP contribution in [0.4, 0.5) is 32.0 Å². The van der Waals surface area contributed by atoms with Crippen LogP contribution >= 0.6 is 0 Å². The van der Waals surface area contributed by atoms with Crippen LogP contribution in [-0.4, -0.2) is 41.2 Å². The third kappa shape index (κ3) is 5.15. The topological polar surface area (TPSA) is 109 Å². The van der Waals surface area contributed by atoms with Gasteiger partial charge >= 0.3 is 12.4 Å². The first-order valence-corrected chi connectivity index (χ1v) is 14.1. The summed E-state index contributed by atoms with van der Waals surface area (Å²) in [6.07, 6.45) is -9.16. The minimum Gasteiger partial charge on any atom is -0.349 e. The molecule has 2 aromatic rings. The predicted molar refractivity (Wildman–Crippen MR) is 119 cm³/mol. The summed E-state index contributed by atoms with van der Waals surface area (Å²) < 4.78 is 131. The zero-order valence-electron chi connectivity index (χ0n) is 18.9. The number of carbonyl (C=O) groups excluding carboxylic acids is 1. The molecule has 5 rings (SSSR count). The summed E-state index contributed by atoms with van der Waals surface area (Å²) in [7, 11) is -8.25. The molecule has 1 amide bonds. The minimum absolute atomic E-state index is 0.169. The molecular weight excluding hydrogens is 550 g/mol. The van der Waals surface area contributed by atoms with Crippen LogP contribution < -0.4 is 10.0 Å². The number of nitrogens with one attached hydrogen (secondary N) is 2. The van der Waals surface area contributed by atoms with E-state index in [0.29, 0.717) is 12.1 Å². The van der Waals surface area contributed by atoms with Gasteiger partial charge in [-0.2, -0.15) is 26.3 Å². The number of hydrogen-bond acceptors (Lipinski definition) is 5. The van der Waals surface area contributed by atoms with E-state index >= 15 is 0 Å². The molecule has 1 unspecified atom stereocenters. The largest absolute Gasteiger partial charge is 0.416 e. The number of hydrogen-bond donors (Lipinski definition) is 2. The van der Waals surface area contributed by atoms with Gasteiger partial charge in [0.1, 0.15) is 0 Å². The Hall–Kier alpha value is -2.81. The summed E-state index contributed by atoms with van der Waals surface area (Å²) in [5.41, 5.74) is -4.43. The Morgan fingerprint density at radius 1 is 0.892 bits per heavy atom. The highest BCUT2D eigenvalue weighted by Crippen LogP contribution is 2.66. The average molecular weight is 571 g/mol. The molecule has 37 heavy (non-hydrogen) atoms. The van der Waals surface area contributed by atoms with Gasteiger partial charge in [-0.15, -0.1) is 0 Å². The number of fused-ring (bicyclic) bond motifs is 1. The lowest BCUT2D eigenvalue weighted by atomic mass is 9.69. The second-order valence-electron chi connectivity index (χ2n) is 9.34. The zero-order chi connectivity index (χ0) is 27.6. The van der Waals surface area contributed by atoms with Crippen molar-refractivity contribution in [2.24, 2.45) is 11.3 Å². The molecule has 0 aromatic heterocycles. The Bertz CT molecular complexity index is 1450. The number of anilines is 1. The molecule has 3 fully saturated rings. The van der Waals surface area contributed by atoms with Crippen molar-refractivity contribution in [1.29, 1.82) is 0 Å². The number of sulfone groups is 1. The van der Waals surface area contributed by atoms with Crippen molar-refractivity contribution in [3.8, 4) is 0 Å². The van der Waals surface area contributed by atoms with Crippen molar-refractivity contribution in [2.45, 2.75) is 47.4 Å². The normalized spacial score (nSPS) is 23.9. The Kier molecular flexibility index (Phi) is 6.34. The van der Waals surface area contributed by atoms with Gasteiger partial charge in [0, 0.05) is 12.3 Å². The van der Waals surface area contributed by atoms with E-state index in [9.17, 15) is 48.0 Å². The predicted octanol–water partition coefficient (Wildman–Crippen LogP) is 4.37. The average Bonchev–Trinajstić information content (AvgIpc) is 3.28. The standard InChI is InChI=1S/C22H20F6N2O5S2/c1-36(32,33)14-3-5-15(6-4-14)37(34,35)30-17-8-13(21(23,24)25)2-7-16(17)19(31)29-18-11-20(22(26,27)28)9-12(18)10-20/h2-8,12,18,30H,9-11H2,1H3,(H,29,31). The second-order valence-corrected chi connectivity index (χ2v) is 13.0. The van der Waals surface area contributed by atoms with E-state index < -0.39 is 77.2 Å². The summed E-state index contributed by atoms with van der Waals surface area (Å²) in [6, 6.07) is 4.66. The van der Waals surface area contributed by atoms with Crippen LogP contribution in [0.1, 0.15) is 35.2 Å². The molecule has 3 saturated carbocycles. The number of halogens is 6. The fourth-order valence-corrected chi connectivity index (χ4v) is 6.52.